The van der Waals surface area contributed by atoms with Crippen molar-refractivity contribution in [2.45, 2.75) is 25.5 Å². The number of carboxylic acids is 1. The van der Waals surface area contributed by atoms with Gasteiger partial charge in [-0.1, -0.05) is 5.21 Å². The van der Waals surface area contributed by atoms with Gasteiger partial charge in [0.2, 0.25) is 0 Å². The van der Waals surface area contributed by atoms with Crippen molar-refractivity contribution < 1.29 is 19.8 Å². The number of rotatable bonds is 6. The van der Waals surface area contributed by atoms with Crippen molar-refractivity contribution in [2.75, 3.05) is 6.54 Å². The lowest BCUT2D eigenvalue weighted by molar-refractivity contribution is -0.146. The molecule has 0 bridgehead atoms. The van der Waals surface area contributed by atoms with Crippen LogP contribution in [0.15, 0.2) is 0 Å². The first-order valence-corrected chi connectivity index (χ1v) is 5.19. The van der Waals surface area contributed by atoms with Crippen molar-refractivity contribution in [2.24, 2.45) is 0 Å². The van der Waals surface area contributed by atoms with Crippen LogP contribution in [0.1, 0.15) is 25.2 Å². The molecule has 5 N–H and O–H groups in total. The molecule has 10 heteroatoms. The molecule has 0 aliphatic heterocycles. The Hall–Kier alpha value is -2.23. The fraction of sp³-hybridized carbons (Fsp3) is 0.625. The Balaban J connectivity index is 2.24. The number of urea groups is 1. The second-order valence-electron chi connectivity index (χ2n) is 3.53. The third kappa shape index (κ3) is 4.33. The molecule has 1 heterocycles. The number of carboxylic acid groups (broad SMARTS) is 1. The highest BCUT2D eigenvalue weighted by molar-refractivity contribution is 5.74. The van der Waals surface area contributed by atoms with Crippen LogP contribution in [0.2, 0.25) is 0 Å². The third-order valence-corrected chi connectivity index (χ3v) is 2.09. The minimum Gasteiger partial charge on any atom is -0.479 e. The van der Waals surface area contributed by atoms with Crippen molar-refractivity contribution in [3.8, 4) is 0 Å². The highest BCUT2D eigenvalue weighted by Gasteiger charge is 2.15. The van der Waals surface area contributed by atoms with Gasteiger partial charge in [-0.3, -0.25) is 0 Å². The SMILES string of the molecule is CC(NC(=O)NCCC(O)C(=O)O)c1nn[nH]n1. The zero-order valence-electron chi connectivity index (χ0n) is 9.62. The summed E-state index contributed by atoms with van der Waals surface area (Å²) in [4.78, 5) is 21.7. The standard InChI is InChI=1S/C8H14N6O4/c1-4(6-11-13-14-12-6)10-8(18)9-3-2-5(15)7(16)17/h4-5,15H,2-3H2,1H3,(H,16,17)(H2,9,10,18)(H,11,12,13,14). The maximum absolute atomic E-state index is 11.4. The molecule has 0 aliphatic rings. The lowest BCUT2D eigenvalue weighted by Gasteiger charge is -2.11. The van der Waals surface area contributed by atoms with Gasteiger partial charge in [0.15, 0.2) is 11.9 Å². The molecule has 0 fully saturated rings. The number of aliphatic hydroxyl groups excluding tert-OH is 1. The van der Waals surface area contributed by atoms with E-state index < -0.39 is 24.1 Å². The average Bonchev–Trinajstić information content (AvgIpc) is 2.81. The predicted octanol–water partition coefficient (Wildman–Crippen LogP) is -1.60. The van der Waals surface area contributed by atoms with Gasteiger partial charge >= 0.3 is 12.0 Å². The van der Waals surface area contributed by atoms with E-state index in [1.807, 2.05) is 0 Å². The van der Waals surface area contributed by atoms with Crippen LogP contribution in [0.25, 0.3) is 0 Å². The number of nitrogens with zero attached hydrogens (tertiary/aromatic N) is 3. The lowest BCUT2D eigenvalue weighted by Crippen LogP contribution is -2.39. The minimum atomic E-state index is -1.49. The smallest absolute Gasteiger partial charge is 0.332 e. The van der Waals surface area contributed by atoms with Gasteiger partial charge in [0.05, 0.1) is 6.04 Å². The molecule has 0 spiro atoms. The van der Waals surface area contributed by atoms with E-state index in [2.05, 4.69) is 31.3 Å². The van der Waals surface area contributed by atoms with Crippen LogP contribution < -0.4 is 10.6 Å². The molecule has 0 saturated carbocycles. The normalized spacial score (nSPS) is 13.7. The van der Waals surface area contributed by atoms with Crippen molar-refractivity contribution in [3.63, 3.8) is 0 Å². The van der Waals surface area contributed by atoms with Gasteiger partial charge in [-0.2, -0.15) is 5.21 Å². The molecule has 10 nitrogen and oxygen atoms in total. The van der Waals surface area contributed by atoms with Gasteiger partial charge in [-0.15, -0.1) is 10.2 Å². The summed E-state index contributed by atoms with van der Waals surface area (Å²) in [5.74, 6) is -0.993. The first-order valence-electron chi connectivity index (χ1n) is 5.19. The van der Waals surface area contributed by atoms with Crippen molar-refractivity contribution in [1.82, 2.24) is 31.3 Å². The van der Waals surface area contributed by atoms with Crippen molar-refractivity contribution in [3.05, 3.63) is 5.82 Å². The van der Waals surface area contributed by atoms with E-state index in [9.17, 15) is 9.59 Å². The average molecular weight is 258 g/mol. The Bertz CT molecular complexity index is 394. The number of carbonyl (C=O) groups excluding carboxylic acids is 1. The largest absolute Gasteiger partial charge is 0.479 e. The van der Waals surface area contributed by atoms with Crippen molar-refractivity contribution >= 4 is 12.0 Å². The number of aliphatic hydroxyl groups is 1. The van der Waals surface area contributed by atoms with Gasteiger partial charge in [0, 0.05) is 13.0 Å². The number of aromatic nitrogens is 4. The number of hydrogen-bond donors (Lipinski definition) is 5. The van der Waals surface area contributed by atoms with Crippen molar-refractivity contribution in [1.29, 1.82) is 0 Å². The molecule has 18 heavy (non-hydrogen) atoms. The summed E-state index contributed by atoms with van der Waals surface area (Å²) in [5.41, 5.74) is 0. The molecule has 2 atom stereocenters. The maximum atomic E-state index is 11.4. The number of hydrogen-bond acceptors (Lipinski definition) is 6. The molecule has 1 aromatic rings. The molecule has 0 radical (unpaired) electrons. The first kappa shape index (κ1) is 13.8. The number of amides is 2. The van der Waals surface area contributed by atoms with E-state index in [4.69, 9.17) is 10.2 Å². The van der Waals surface area contributed by atoms with E-state index in [-0.39, 0.29) is 13.0 Å². The van der Waals surface area contributed by atoms with Crippen LogP contribution >= 0.6 is 0 Å². The summed E-state index contributed by atoms with van der Waals surface area (Å²) in [7, 11) is 0. The summed E-state index contributed by atoms with van der Waals surface area (Å²) in [5, 5.41) is 35.3. The Morgan fingerprint density at radius 2 is 2.22 bits per heavy atom. The number of aliphatic carboxylic acids is 1. The number of tetrazole rings is 1. The predicted molar refractivity (Wildman–Crippen MR) is 57.4 cm³/mol. The zero-order chi connectivity index (χ0) is 13.5. The van der Waals surface area contributed by atoms with Gasteiger partial charge in [0.1, 0.15) is 0 Å². The number of carbonyl (C=O) groups is 2. The van der Waals surface area contributed by atoms with Crippen LogP contribution in [0.3, 0.4) is 0 Å². The Morgan fingerprint density at radius 3 is 2.78 bits per heavy atom. The number of H-pyrrole nitrogens is 1. The summed E-state index contributed by atoms with van der Waals surface area (Å²) < 4.78 is 0. The molecule has 100 valence electrons. The molecule has 0 aliphatic carbocycles. The molecule has 1 rings (SSSR count). The van der Waals surface area contributed by atoms with E-state index in [0.717, 1.165) is 0 Å². The summed E-state index contributed by atoms with van der Waals surface area (Å²) in [6.07, 6.45) is -1.56. The number of aromatic amines is 1. The molecule has 0 aromatic carbocycles. The highest BCUT2D eigenvalue weighted by Crippen LogP contribution is 2.02. The Labute approximate surface area is 102 Å². The van der Waals surface area contributed by atoms with Crippen LogP contribution in [0.5, 0.6) is 0 Å². The highest BCUT2D eigenvalue weighted by atomic mass is 16.4. The Kier molecular flexibility index (Phi) is 4.99. The molecule has 2 amide bonds. The molecule has 2 unspecified atom stereocenters. The van der Waals surface area contributed by atoms with E-state index in [1.165, 1.54) is 0 Å². The molecular formula is C8H14N6O4. The fourth-order valence-electron chi connectivity index (χ4n) is 1.11. The summed E-state index contributed by atoms with van der Waals surface area (Å²) in [6.45, 7) is 1.70. The van der Waals surface area contributed by atoms with Gasteiger partial charge in [0.25, 0.3) is 0 Å². The van der Waals surface area contributed by atoms with Crippen LogP contribution in [0, 0.1) is 0 Å². The minimum absolute atomic E-state index is 0.0399. The van der Waals surface area contributed by atoms with Gasteiger partial charge in [-0.25, -0.2) is 9.59 Å². The lowest BCUT2D eigenvalue weighted by atomic mass is 10.2. The first-order chi connectivity index (χ1) is 8.50. The van der Waals surface area contributed by atoms with Gasteiger partial charge < -0.3 is 20.8 Å². The second-order valence-corrected chi connectivity index (χ2v) is 3.53. The van der Waals surface area contributed by atoms with Crippen LogP contribution in [-0.4, -0.2) is 55.5 Å². The molecule has 0 saturated heterocycles. The summed E-state index contributed by atoms with van der Waals surface area (Å²) >= 11 is 0. The van der Waals surface area contributed by atoms with E-state index in [1.54, 1.807) is 6.92 Å². The quantitative estimate of drug-likeness (QED) is 0.411. The van der Waals surface area contributed by atoms with Crippen LogP contribution in [-0.2, 0) is 4.79 Å². The number of nitrogens with one attached hydrogen (secondary N) is 3. The van der Waals surface area contributed by atoms with E-state index in [0.29, 0.717) is 5.82 Å². The molecule has 1 aromatic heterocycles. The second kappa shape index (κ2) is 6.49. The maximum Gasteiger partial charge on any atom is 0.332 e. The monoisotopic (exact) mass is 258 g/mol. The fourth-order valence-corrected chi connectivity index (χ4v) is 1.11. The van der Waals surface area contributed by atoms with E-state index >= 15 is 0 Å². The van der Waals surface area contributed by atoms with Crippen LogP contribution in [0.4, 0.5) is 4.79 Å². The summed E-state index contributed by atoms with van der Waals surface area (Å²) in [6, 6.07) is -0.946. The topological polar surface area (TPSA) is 153 Å². The zero-order valence-corrected chi connectivity index (χ0v) is 9.62. The van der Waals surface area contributed by atoms with Gasteiger partial charge in [-0.05, 0) is 6.92 Å². The Morgan fingerprint density at radius 1 is 1.50 bits per heavy atom. The third-order valence-electron chi connectivity index (χ3n) is 2.09. The molecular weight excluding hydrogens is 244 g/mol.